The van der Waals surface area contributed by atoms with Gasteiger partial charge in [-0.3, -0.25) is 4.79 Å². The smallest absolute Gasteiger partial charge is 0.320 e. The molecule has 17 heavy (non-hydrogen) atoms. The zero-order chi connectivity index (χ0) is 12.4. The molecule has 0 aromatic heterocycles. The van der Waals surface area contributed by atoms with E-state index < -0.39 is 12.0 Å². The molecule has 0 aliphatic rings. The largest absolute Gasteiger partial charge is 0.480 e. The van der Waals surface area contributed by atoms with Gasteiger partial charge in [0.25, 0.3) is 0 Å². The van der Waals surface area contributed by atoms with Crippen molar-refractivity contribution < 1.29 is 9.90 Å². The second kappa shape index (κ2) is 4.55. The molecular weight excluding hydrogens is 214 g/mol. The summed E-state index contributed by atoms with van der Waals surface area (Å²) in [6.07, 6.45) is 0.360. The molecule has 88 valence electrons. The number of fused-ring (bicyclic) bond motifs is 1. The highest BCUT2D eigenvalue weighted by atomic mass is 16.4. The molecular formula is C14H15NO2. The van der Waals surface area contributed by atoms with Gasteiger partial charge in [0.05, 0.1) is 0 Å². The number of rotatable bonds is 3. The van der Waals surface area contributed by atoms with Crippen LogP contribution in [0.15, 0.2) is 36.4 Å². The number of hydrogen-bond acceptors (Lipinski definition) is 2. The third-order valence-corrected chi connectivity index (χ3v) is 2.83. The molecule has 2 aromatic rings. The highest BCUT2D eigenvalue weighted by molar-refractivity contribution is 5.84. The van der Waals surface area contributed by atoms with Crippen LogP contribution in [0.3, 0.4) is 0 Å². The van der Waals surface area contributed by atoms with Crippen LogP contribution >= 0.6 is 0 Å². The Morgan fingerprint density at radius 2 is 1.88 bits per heavy atom. The Labute approximate surface area is 99.9 Å². The van der Waals surface area contributed by atoms with Crippen molar-refractivity contribution in [3.8, 4) is 0 Å². The van der Waals surface area contributed by atoms with Crippen LogP contribution in [0, 0.1) is 6.92 Å². The van der Waals surface area contributed by atoms with Gasteiger partial charge in [0.1, 0.15) is 6.04 Å². The lowest BCUT2D eigenvalue weighted by atomic mass is 10.0. The summed E-state index contributed by atoms with van der Waals surface area (Å²) in [5.41, 5.74) is 7.69. The molecule has 2 aromatic carbocycles. The van der Waals surface area contributed by atoms with Gasteiger partial charge in [0, 0.05) is 0 Å². The highest BCUT2D eigenvalue weighted by Gasteiger charge is 2.11. The van der Waals surface area contributed by atoms with Crippen LogP contribution in [0.5, 0.6) is 0 Å². The minimum Gasteiger partial charge on any atom is -0.480 e. The van der Waals surface area contributed by atoms with E-state index in [0.29, 0.717) is 6.42 Å². The van der Waals surface area contributed by atoms with E-state index in [9.17, 15) is 4.79 Å². The summed E-state index contributed by atoms with van der Waals surface area (Å²) < 4.78 is 0. The molecule has 3 nitrogen and oxygen atoms in total. The number of hydrogen-bond donors (Lipinski definition) is 2. The van der Waals surface area contributed by atoms with Gasteiger partial charge >= 0.3 is 5.97 Å². The lowest BCUT2D eigenvalue weighted by Crippen LogP contribution is -2.32. The van der Waals surface area contributed by atoms with E-state index in [1.165, 1.54) is 5.56 Å². The first-order chi connectivity index (χ1) is 8.06. The van der Waals surface area contributed by atoms with Crippen molar-refractivity contribution in [2.24, 2.45) is 5.73 Å². The lowest BCUT2D eigenvalue weighted by Gasteiger charge is -2.07. The third-order valence-electron chi connectivity index (χ3n) is 2.83. The predicted molar refractivity (Wildman–Crippen MR) is 68.0 cm³/mol. The molecule has 0 amide bonds. The van der Waals surface area contributed by atoms with Gasteiger partial charge in [-0.1, -0.05) is 42.0 Å². The number of benzene rings is 2. The van der Waals surface area contributed by atoms with E-state index >= 15 is 0 Å². The fourth-order valence-corrected chi connectivity index (χ4v) is 1.88. The van der Waals surface area contributed by atoms with Gasteiger partial charge in [-0.05, 0) is 29.7 Å². The van der Waals surface area contributed by atoms with Crippen LogP contribution in [0.2, 0.25) is 0 Å². The quantitative estimate of drug-likeness (QED) is 0.847. The fourth-order valence-electron chi connectivity index (χ4n) is 1.88. The number of nitrogens with two attached hydrogens (primary N) is 1. The van der Waals surface area contributed by atoms with Crippen LogP contribution in [-0.4, -0.2) is 17.1 Å². The molecule has 0 fully saturated rings. The Bertz CT molecular complexity index is 563. The van der Waals surface area contributed by atoms with Gasteiger partial charge in [0.15, 0.2) is 0 Å². The normalized spacial score (nSPS) is 12.6. The average Bonchev–Trinajstić information content (AvgIpc) is 2.29. The second-order valence-corrected chi connectivity index (χ2v) is 4.33. The van der Waals surface area contributed by atoms with Crippen LogP contribution in [0.4, 0.5) is 0 Å². The summed E-state index contributed by atoms with van der Waals surface area (Å²) in [5.74, 6) is -0.964. The van der Waals surface area contributed by atoms with Crippen molar-refractivity contribution in [1.82, 2.24) is 0 Å². The summed E-state index contributed by atoms with van der Waals surface area (Å²) in [6.45, 7) is 2.05. The first-order valence-corrected chi connectivity index (χ1v) is 5.54. The summed E-state index contributed by atoms with van der Waals surface area (Å²) in [4.78, 5) is 10.7. The first-order valence-electron chi connectivity index (χ1n) is 5.54. The Morgan fingerprint density at radius 3 is 2.59 bits per heavy atom. The van der Waals surface area contributed by atoms with Gasteiger partial charge < -0.3 is 10.8 Å². The molecule has 0 saturated carbocycles. The Hall–Kier alpha value is -1.87. The predicted octanol–water partition coefficient (Wildman–Crippen LogP) is 2.10. The monoisotopic (exact) mass is 229 g/mol. The Kier molecular flexibility index (Phi) is 3.11. The minimum absolute atomic E-state index is 0.360. The van der Waals surface area contributed by atoms with Crippen LogP contribution < -0.4 is 5.73 Å². The maximum Gasteiger partial charge on any atom is 0.320 e. The third kappa shape index (κ3) is 2.63. The van der Waals surface area contributed by atoms with E-state index in [-0.39, 0.29) is 0 Å². The van der Waals surface area contributed by atoms with E-state index in [1.54, 1.807) is 0 Å². The van der Waals surface area contributed by atoms with Crippen molar-refractivity contribution in [3.63, 3.8) is 0 Å². The molecule has 0 aliphatic heterocycles. The molecule has 0 saturated heterocycles. The van der Waals surface area contributed by atoms with Gasteiger partial charge in [-0.25, -0.2) is 0 Å². The van der Waals surface area contributed by atoms with Crippen molar-refractivity contribution in [2.45, 2.75) is 19.4 Å². The molecule has 2 rings (SSSR count). The number of carbonyl (C=O) groups is 1. The van der Waals surface area contributed by atoms with Gasteiger partial charge in [-0.15, -0.1) is 0 Å². The Morgan fingerprint density at radius 1 is 1.24 bits per heavy atom. The number of aliphatic carboxylic acids is 1. The van der Waals surface area contributed by atoms with Gasteiger partial charge in [-0.2, -0.15) is 0 Å². The highest BCUT2D eigenvalue weighted by Crippen LogP contribution is 2.18. The molecule has 0 spiro atoms. The van der Waals surface area contributed by atoms with Crippen molar-refractivity contribution in [1.29, 1.82) is 0 Å². The zero-order valence-electron chi connectivity index (χ0n) is 9.68. The number of carboxylic acids is 1. The van der Waals surface area contributed by atoms with Crippen LogP contribution in [0.1, 0.15) is 11.1 Å². The average molecular weight is 229 g/mol. The Balaban J connectivity index is 2.32. The van der Waals surface area contributed by atoms with Gasteiger partial charge in [0.2, 0.25) is 0 Å². The molecule has 3 heteroatoms. The minimum atomic E-state index is -0.964. The van der Waals surface area contributed by atoms with E-state index in [4.69, 9.17) is 10.8 Å². The standard InChI is InChI=1S/C14H15NO2/c1-9-2-4-12-7-10(3-5-11(12)6-9)8-13(15)14(16)17/h2-7,13H,8,15H2,1H3,(H,16,17). The van der Waals surface area contributed by atoms with E-state index in [0.717, 1.165) is 16.3 Å². The van der Waals surface area contributed by atoms with Crippen molar-refractivity contribution in [3.05, 3.63) is 47.5 Å². The molecule has 0 aliphatic carbocycles. The molecule has 0 radical (unpaired) electrons. The molecule has 1 unspecified atom stereocenters. The number of aryl methyl sites for hydroxylation is 1. The summed E-state index contributed by atoms with van der Waals surface area (Å²) >= 11 is 0. The lowest BCUT2D eigenvalue weighted by molar-refractivity contribution is -0.138. The second-order valence-electron chi connectivity index (χ2n) is 4.33. The van der Waals surface area contributed by atoms with Crippen LogP contribution in [0.25, 0.3) is 10.8 Å². The molecule has 1 atom stereocenters. The first kappa shape index (κ1) is 11.6. The topological polar surface area (TPSA) is 63.3 Å². The summed E-state index contributed by atoms with van der Waals surface area (Å²) in [7, 11) is 0. The molecule has 0 heterocycles. The molecule has 3 N–H and O–H groups in total. The molecule has 0 bridgehead atoms. The SMILES string of the molecule is Cc1ccc2cc(CC(N)C(=O)O)ccc2c1. The summed E-state index contributed by atoms with van der Waals surface area (Å²) in [6, 6.07) is 11.3. The number of carboxylic acid groups (broad SMARTS) is 1. The van der Waals surface area contributed by atoms with Crippen molar-refractivity contribution in [2.75, 3.05) is 0 Å². The maximum atomic E-state index is 10.7. The fraction of sp³-hybridized carbons (Fsp3) is 0.214. The van der Waals surface area contributed by atoms with Crippen molar-refractivity contribution >= 4 is 16.7 Å². The van der Waals surface area contributed by atoms with E-state index in [2.05, 4.69) is 6.07 Å². The van der Waals surface area contributed by atoms with E-state index in [1.807, 2.05) is 37.3 Å². The zero-order valence-corrected chi connectivity index (χ0v) is 9.68. The maximum absolute atomic E-state index is 10.7. The summed E-state index contributed by atoms with van der Waals surface area (Å²) in [5, 5.41) is 11.0. The van der Waals surface area contributed by atoms with Crippen LogP contribution in [-0.2, 0) is 11.2 Å².